The van der Waals surface area contributed by atoms with Crippen molar-refractivity contribution in [1.82, 2.24) is 0 Å². The molecule has 1 atom stereocenters. The molecule has 0 amide bonds. The minimum Gasteiger partial charge on any atom is -0.493 e. The Balaban J connectivity index is 2.50. The van der Waals surface area contributed by atoms with Crippen LogP contribution >= 0.6 is 27.5 Å². The van der Waals surface area contributed by atoms with Gasteiger partial charge in [-0.15, -0.1) is 0 Å². The highest BCUT2D eigenvalue weighted by atomic mass is 79.9. The molecule has 0 saturated carbocycles. The molecular weight excluding hydrogens is 356 g/mol. The fraction of sp³-hybridized carbons (Fsp3) is 0.250. The molecule has 0 N–H and O–H groups in total. The second-order valence-electron chi connectivity index (χ2n) is 4.34. The van der Waals surface area contributed by atoms with Gasteiger partial charge in [0, 0.05) is 10.6 Å². The fourth-order valence-corrected chi connectivity index (χ4v) is 2.93. The summed E-state index contributed by atoms with van der Waals surface area (Å²) in [5, 5.41) is 0.706. The van der Waals surface area contributed by atoms with E-state index in [9.17, 15) is 0 Å². The average molecular weight is 372 g/mol. The SMILES string of the molecule is COc1ccc(C(Br)c2ccc(Cl)cc2)c(OC)c1OC. The number of alkyl halides is 1. The van der Waals surface area contributed by atoms with Crippen LogP contribution in [-0.2, 0) is 0 Å². The first-order valence-corrected chi connectivity index (χ1v) is 7.60. The van der Waals surface area contributed by atoms with Crippen molar-refractivity contribution in [2.45, 2.75) is 4.83 Å². The third-order valence-corrected chi connectivity index (χ3v) is 4.44. The van der Waals surface area contributed by atoms with Crippen LogP contribution in [0.25, 0.3) is 0 Å². The summed E-state index contributed by atoms with van der Waals surface area (Å²) in [5.74, 6) is 1.86. The molecule has 0 fully saturated rings. The number of methoxy groups -OCH3 is 3. The molecule has 0 aromatic heterocycles. The first-order valence-electron chi connectivity index (χ1n) is 6.30. The smallest absolute Gasteiger partial charge is 0.203 e. The van der Waals surface area contributed by atoms with Crippen LogP contribution in [0.1, 0.15) is 16.0 Å². The summed E-state index contributed by atoms with van der Waals surface area (Å²) < 4.78 is 16.2. The lowest BCUT2D eigenvalue weighted by molar-refractivity contribution is 0.322. The molecule has 5 heteroatoms. The Morgan fingerprint density at radius 1 is 0.857 bits per heavy atom. The zero-order valence-electron chi connectivity index (χ0n) is 12.0. The van der Waals surface area contributed by atoms with Crippen LogP contribution in [-0.4, -0.2) is 21.3 Å². The third kappa shape index (κ3) is 3.27. The predicted molar refractivity (Wildman–Crippen MR) is 88.3 cm³/mol. The van der Waals surface area contributed by atoms with Gasteiger partial charge in [0.15, 0.2) is 11.5 Å². The van der Waals surface area contributed by atoms with Gasteiger partial charge in [-0.25, -0.2) is 0 Å². The Hall–Kier alpha value is -1.39. The summed E-state index contributed by atoms with van der Waals surface area (Å²) in [7, 11) is 4.81. The van der Waals surface area contributed by atoms with Gasteiger partial charge in [-0.1, -0.05) is 39.7 Å². The van der Waals surface area contributed by atoms with E-state index < -0.39 is 0 Å². The van der Waals surface area contributed by atoms with Crippen LogP contribution in [0.5, 0.6) is 17.2 Å². The molecule has 0 heterocycles. The molecule has 112 valence electrons. The molecule has 2 aromatic rings. The Morgan fingerprint density at radius 2 is 1.48 bits per heavy atom. The van der Waals surface area contributed by atoms with Crippen molar-refractivity contribution >= 4 is 27.5 Å². The Morgan fingerprint density at radius 3 is 2.00 bits per heavy atom. The molecule has 2 rings (SSSR count). The minimum absolute atomic E-state index is 0.0375. The van der Waals surface area contributed by atoms with E-state index in [1.807, 2.05) is 36.4 Å². The summed E-state index contributed by atoms with van der Waals surface area (Å²) in [4.78, 5) is -0.0375. The van der Waals surface area contributed by atoms with Crippen LogP contribution in [0.2, 0.25) is 5.02 Å². The lowest BCUT2D eigenvalue weighted by atomic mass is 10.0. The quantitative estimate of drug-likeness (QED) is 0.703. The van der Waals surface area contributed by atoms with Crippen LogP contribution in [0.4, 0.5) is 0 Å². The second kappa shape index (κ2) is 7.05. The first kappa shape index (κ1) is 16.0. The van der Waals surface area contributed by atoms with Gasteiger partial charge in [0.05, 0.1) is 26.2 Å². The molecule has 0 radical (unpaired) electrons. The van der Waals surface area contributed by atoms with Crippen LogP contribution in [0, 0.1) is 0 Å². The zero-order valence-corrected chi connectivity index (χ0v) is 14.4. The monoisotopic (exact) mass is 370 g/mol. The first-order chi connectivity index (χ1) is 10.1. The molecule has 0 aliphatic carbocycles. The van der Waals surface area contributed by atoms with E-state index in [4.69, 9.17) is 25.8 Å². The highest BCUT2D eigenvalue weighted by molar-refractivity contribution is 9.09. The summed E-state index contributed by atoms with van der Waals surface area (Å²) in [5.41, 5.74) is 2.03. The molecular formula is C16H16BrClO3. The van der Waals surface area contributed by atoms with E-state index in [1.165, 1.54) is 0 Å². The lowest BCUT2D eigenvalue weighted by Crippen LogP contribution is -2.01. The van der Waals surface area contributed by atoms with Crippen molar-refractivity contribution in [3.63, 3.8) is 0 Å². The number of hydrogen-bond acceptors (Lipinski definition) is 3. The van der Waals surface area contributed by atoms with Crippen LogP contribution in [0.3, 0.4) is 0 Å². The van der Waals surface area contributed by atoms with E-state index in [0.717, 1.165) is 11.1 Å². The van der Waals surface area contributed by atoms with Crippen molar-refractivity contribution in [3.05, 3.63) is 52.5 Å². The molecule has 0 aliphatic rings. The standard InChI is InChI=1S/C16H16BrClO3/c1-19-13-9-8-12(15(20-2)16(13)21-3)14(17)10-4-6-11(18)7-5-10/h4-9,14H,1-3H3. The maximum absolute atomic E-state index is 5.93. The van der Waals surface area contributed by atoms with Crippen LogP contribution in [0.15, 0.2) is 36.4 Å². The minimum atomic E-state index is -0.0375. The van der Waals surface area contributed by atoms with Crippen molar-refractivity contribution in [3.8, 4) is 17.2 Å². The van der Waals surface area contributed by atoms with Gasteiger partial charge in [0.2, 0.25) is 5.75 Å². The van der Waals surface area contributed by atoms with Crippen molar-refractivity contribution in [1.29, 1.82) is 0 Å². The highest BCUT2D eigenvalue weighted by Crippen LogP contribution is 2.46. The largest absolute Gasteiger partial charge is 0.493 e. The Kier molecular flexibility index (Phi) is 5.37. The van der Waals surface area contributed by atoms with Crippen LogP contribution < -0.4 is 14.2 Å². The molecule has 0 spiro atoms. The van der Waals surface area contributed by atoms with E-state index in [2.05, 4.69) is 15.9 Å². The molecule has 0 saturated heterocycles. The molecule has 2 aromatic carbocycles. The van der Waals surface area contributed by atoms with E-state index in [-0.39, 0.29) is 4.83 Å². The maximum atomic E-state index is 5.93. The number of halogens is 2. The van der Waals surface area contributed by atoms with Gasteiger partial charge >= 0.3 is 0 Å². The zero-order chi connectivity index (χ0) is 15.4. The average Bonchev–Trinajstić information content (AvgIpc) is 2.53. The molecule has 3 nitrogen and oxygen atoms in total. The van der Waals surface area contributed by atoms with Gasteiger partial charge in [0.1, 0.15) is 0 Å². The van der Waals surface area contributed by atoms with E-state index in [1.54, 1.807) is 21.3 Å². The molecule has 0 bridgehead atoms. The van der Waals surface area contributed by atoms with E-state index in [0.29, 0.717) is 22.3 Å². The second-order valence-corrected chi connectivity index (χ2v) is 5.69. The van der Waals surface area contributed by atoms with Gasteiger partial charge < -0.3 is 14.2 Å². The highest BCUT2D eigenvalue weighted by Gasteiger charge is 2.21. The van der Waals surface area contributed by atoms with Gasteiger partial charge in [0.25, 0.3) is 0 Å². The normalized spacial score (nSPS) is 11.9. The Bertz CT molecular complexity index is 614. The third-order valence-electron chi connectivity index (χ3n) is 3.17. The summed E-state index contributed by atoms with van der Waals surface area (Å²) in [6.45, 7) is 0. The van der Waals surface area contributed by atoms with E-state index >= 15 is 0 Å². The fourth-order valence-electron chi connectivity index (χ4n) is 2.14. The van der Waals surface area contributed by atoms with Crippen molar-refractivity contribution in [2.24, 2.45) is 0 Å². The lowest BCUT2D eigenvalue weighted by Gasteiger charge is -2.19. The molecule has 0 aliphatic heterocycles. The maximum Gasteiger partial charge on any atom is 0.203 e. The summed E-state index contributed by atoms with van der Waals surface area (Å²) in [6, 6.07) is 11.5. The van der Waals surface area contributed by atoms with Gasteiger partial charge in [-0.2, -0.15) is 0 Å². The molecule has 1 unspecified atom stereocenters. The number of rotatable bonds is 5. The number of benzene rings is 2. The van der Waals surface area contributed by atoms with Gasteiger partial charge in [-0.3, -0.25) is 0 Å². The number of ether oxygens (including phenoxy) is 3. The van der Waals surface area contributed by atoms with Gasteiger partial charge in [-0.05, 0) is 29.8 Å². The topological polar surface area (TPSA) is 27.7 Å². The number of hydrogen-bond donors (Lipinski definition) is 0. The molecule has 21 heavy (non-hydrogen) atoms. The summed E-state index contributed by atoms with van der Waals surface area (Å²) >= 11 is 9.63. The summed E-state index contributed by atoms with van der Waals surface area (Å²) in [6.07, 6.45) is 0. The van der Waals surface area contributed by atoms with Crippen molar-refractivity contribution in [2.75, 3.05) is 21.3 Å². The van der Waals surface area contributed by atoms with Crippen molar-refractivity contribution < 1.29 is 14.2 Å². The Labute approximate surface area is 137 Å². The predicted octanol–water partition coefficient (Wildman–Crippen LogP) is 4.85.